The molecular weight excluding hydrogens is 936 g/mol. The van der Waals surface area contributed by atoms with E-state index >= 15 is 0 Å². The van der Waals surface area contributed by atoms with Crippen molar-refractivity contribution in [3.05, 3.63) is 0 Å². The van der Waals surface area contributed by atoms with E-state index in [1.54, 1.807) is 0 Å². The number of carbonyl (C=O) groups excluding carboxylic acids is 2. The maximum Gasteiger partial charge on any atom is 0.364 e. The second-order valence-corrected chi connectivity index (χ2v) is 16.9. The number of carboxylic acid groups (broad SMARTS) is 1. The fourth-order valence-corrected chi connectivity index (χ4v) is 8.30. The maximum absolute atomic E-state index is 12.7. The van der Waals surface area contributed by atoms with Gasteiger partial charge in [0.25, 0.3) is 5.79 Å². The number of ether oxygens (including phenoxy) is 9. The van der Waals surface area contributed by atoms with Crippen molar-refractivity contribution in [2.24, 2.45) is 0 Å². The van der Waals surface area contributed by atoms with Crippen LogP contribution < -0.4 is 10.6 Å². The van der Waals surface area contributed by atoms with E-state index in [0.717, 1.165) is 13.8 Å². The number of hydrogen-bond donors (Lipinski definition) is 19. The molecule has 0 aliphatic carbocycles. The Kier molecular flexibility index (Phi) is 19.7. The summed E-state index contributed by atoms with van der Waals surface area (Å²) in [6, 6.07) is -3.35. The molecule has 5 fully saturated rings. The lowest BCUT2D eigenvalue weighted by atomic mass is 9.88. The molecule has 5 aliphatic heterocycles. The van der Waals surface area contributed by atoms with Crippen LogP contribution in [0, 0.1) is 0 Å². The lowest BCUT2D eigenvalue weighted by Gasteiger charge is -2.49. The van der Waals surface area contributed by atoms with Gasteiger partial charge in [0.1, 0.15) is 116 Å². The minimum atomic E-state index is -2.96. The van der Waals surface area contributed by atoms with Gasteiger partial charge >= 0.3 is 5.97 Å². The molecule has 394 valence electrons. The van der Waals surface area contributed by atoms with Crippen molar-refractivity contribution in [2.75, 3.05) is 33.0 Å². The largest absolute Gasteiger partial charge is 0.477 e. The Bertz CT molecular complexity index is 1660. The molecule has 2 amide bonds. The number of carboxylic acids is 1. The lowest BCUT2D eigenvalue weighted by Crippen LogP contribution is -2.69. The first-order valence-electron chi connectivity index (χ1n) is 21.2. The van der Waals surface area contributed by atoms with E-state index in [1.165, 1.54) is 0 Å². The van der Waals surface area contributed by atoms with Crippen LogP contribution in [0.4, 0.5) is 0 Å². The van der Waals surface area contributed by atoms with E-state index in [1.807, 2.05) is 0 Å². The van der Waals surface area contributed by atoms with Crippen LogP contribution in [-0.2, 0) is 57.0 Å². The Labute approximate surface area is 384 Å². The minimum absolute atomic E-state index is 0.772. The third-order valence-electron chi connectivity index (χ3n) is 12.1. The number of aliphatic carboxylic acids is 1. The SMILES string of the molecule is CC(=O)N[C@H]1[C@H](O[C@@H]2[C@@H](OC[C@H]3O[C@@H](O)[C@@H](O)[C@@H](O)[C@@H]3O)O[C@H](CO)[C@@H](O)[C@@H]2O)O[C@H](CO)[C@@H](O[C@@H]2O[C@H](CO[C@]3(C(=O)O)C[C@H](O)[C@@H](NC(C)=O)[C@H]([C@H](O)[C@H](O)CO)O3)[C@H](O)[C@H](O)[C@H]2O)[C@@H]1O. The van der Waals surface area contributed by atoms with E-state index in [4.69, 9.17) is 42.6 Å². The summed E-state index contributed by atoms with van der Waals surface area (Å²) in [7, 11) is 0. The molecule has 0 unspecified atom stereocenters. The highest BCUT2D eigenvalue weighted by molar-refractivity contribution is 5.76. The van der Waals surface area contributed by atoms with Gasteiger partial charge in [-0.05, 0) is 0 Å². The molecule has 5 rings (SSSR count). The minimum Gasteiger partial charge on any atom is -0.477 e. The zero-order valence-corrected chi connectivity index (χ0v) is 36.2. The number of aliphatic hydroxyl groups excluding tert-OH is 16. The summed E-state index contributed by atoms with van der Waals surface area (Å²) in [4.78, 5) is 37.1. The van der Waals surface area contributed by atoms with Gasteiger partial charge in [0.2, 0.25) is 11.8 Å². The summed E-state index contributed by atoms with van der Waals surface area (Å²) >= 11 is 0. The van der Waals surface area contributed by atoms with E-state index in [0.29, 0.717) is 0 Å². The predicted molar refractivity (Wildman–Crippen MR) is 207 cm³/mol. The van der Waals surface area contributed by atoms with E-state index in [-0.39, 0.29) is 0 Å². The Balaban J connectivity index is 1.34. The van der Waals surface area contributed by atoms with Crippen LogP contribution in [0.3, 0.4) is 0 Å². The Morgan fingerprint density at radius 3 is 1.71 bits per heavy atom. The molecule has 31 heteroatoms. The second-order valence-electron chi connectivity index (χ2n) is 16.9. The van der Waals surface area contributed by atoms with Gasteiger partial charge in [0.15, 0.2) is 25.2 Å². The number of aliphatic hydroxyl groups is 16. The molecule has 31 nitrogen and oxygen atoms in total. The molecule has 0 saturated carbocycles. The van der Waals surface area contributed by atoms with Gasteiger partial charge in [-0.25, -0.2) is 4.79 Å². The quantitative estimate of drug-likeness (QED) is 0.0606. The standard InChI is InChI=1S/C37H62N2O29/c1-9(43)38-17-11(45)3-37(36(58)59,68-30(17)19(47)12(46)4-40)61-8-16-22(50)25(53)28(56)34(65-16)66-29-14(6-42)64-33(18(23(29)51)39-10(2)44)67-31-26(54)20(48)13(5-41)63-35(31)60-7-15-21(49)24(52)27(55)32(57)62-15/h11-35,40-42,45-57H,3-8H2,1-2H3,(H,38,43)(H,39,44)(H,58,59)/t11-,12+,13+,14+,15+,16+,17+,18+,19+,20+,21+,22-,23+,24-,25-,26-,27-,28+,29+,30+,31-,32+,33-,34-,35-,37+/m0/s1. The fourth-order valence-electron chi connectivity index (χ4n) is 8.30. The van der Waals surface area contributed by atoms with Crippen molar-refractivity contribution in [1.82, 2.24) is 10.6 Å². The molecule has 5 heterocycles. The molecule has 0 bridgehead atoms. The Morgan fingerprint density at radius 2 is 1.13 bits per heavy atom. The summed E-state index contributed by atoms with van der Waals surface area (Å²) < 4.78 is 50.5. The van der Waals surface area contributed by atoms with Crippen molar-refractivity contribution in [2.45, 2.75) is 179 Å². The summed E-state index contributed by atoms with van der Waals surface area (Å²) in [6.07, 6.45) is -45.6. The molecule has 26 atom stereocenters. The first kappa shape index (κ1) is 56.3. The highest BCUT2D eigenvalue weighted by Crippen LogP contribution is 2.37. The highest BCUT2D eigenvalue weighted by atomic mass is 16.8. The van der Waals surface area contributed by atoms with Gasteiger partial charge in [-0.3, -0.25) is 9.59 Å². The van der Waals surface area contributed by atoms with Crippen LogP contribution in [0.5, 0.6) is 0 Å². The molecule has 0 aromatic rings. The third kappa shape index (κ3) is 12.2. The van der Waals surface area contributed by atoms with Crippen LogP contribution in [0.15, 0.2) is 0 Å². The van der Waals surface area contributed by atoms with Crippen molar-refractivity contribution < 1.29 is 144 Å². The molecule has 5 saturated heterocycles. The van der Waals surface area contributed by atoms with Gasteiger partial charge in [-0.1, -0.05) is 0 Å². The molecule has 0 radical (unpaired) electrons. The van der Waals surface area contributed by atoms with Crippen LogP contribution in [0.25, 0.3) is 0 Å². The fraction of sp³-hybridized carbons (Fsp3) is 0.919. The van der Waals surface area contributed by atoms with Crippen molar-refractivity contribution in [3.63, 3.8) is 0 Å². The van der Waals surface area contributed by atoms with Crippen molar-refractivity contribution in [3.8, 4) is 0 Å². The summed E-state index contributed by atoms with van der Waals surface area (Å²) in [5, 5.41) is 183. The average Bonchev–Trinajstić information content (AvgIpc) is 3.29. The zero-order valence-electron chi connectivity index (χ0n) is 36.2. The lowest BCUT2D eigenvalue weighted by molar-refractivity contribution is -0.378. The van der Waals surface area contributed by atoms with Crippen LogP contribution in [0.2, 0.25) is 0 Å². The topological polar surface area (TPSA) is 502 Å². The summed E-state index contributed by atoms with van der Waals surface area (Å²) in [6.45, 7) is -2.91. The Hall–Kier alpha value is -2.59. The molecule has 19 N–H and O–H groups in total. The predicted octanol–water partition coefficient (Wildman–Crippen LogP) is -12.4. The molecule has 68 heavy (non-hydrogen) atoms. The summed E-state index contributed by atoms with van der Waals surface area (Å²) in [5.41, 5.74) is 0. The number of amides is 2. The number of rotatable bonds is 18. The van der Waals surface area contributed by atoms with Gasteiger partial charge in [-0.15, -0.1) is 0 Å². The molecule has 5 aliphatic rings. The molecule has 0 aromatic carbocycles. The number of carbonyl (C=O) groups is 3. The van der Waals surface area contributed by atoms with Crippen LogP contribution in [-0.4, -0.2) is 297 Å². The van der Waals surface area contributed by atoms with Gasteiger partial charge < -0.3 is 140 Å². The van der Waals surface area contributed by atoms with E-state index in [2.05, 4.69) is 10.6 Å². The third-order valence-corrected chi connectivity index (χ3v) is 12.1. The molecule has 0 aromatic heterocycles. The highest BCUT2D eigenvalue weighted by Gasteiger charge is 2.58. The second kappa shape index (κ2) is 23.8. The number of hydrogen-bond acceptors (Lipinski definition) is 28. The molecule has 0 spiro atoms. The van der Waals surface area contributed by atoms with E-state index < -0.39 is 216 Å². The zero-order chi connectivity index (χ0) is 50.7. The summed E-state index contributed by atoms with van der Waals surface area (Å²) in [5.74, 6) is -6.55. The van der Waals surface area contributed by atoms with Crippen molar-refractivity contribution >= 4 is 17.8 Å². The van der Waals surface area contributed by atoms with Gasteiger partial charge in [-0.2, -0.15) is 0 Å². The monoisotopic (exact) mass is 998 g/mol. The van der Waals surface area contributed by atoms with Gasteiger partial charge in [0, 0.05) is 20.3 Å². The normalized spacial score (nSPS) is 46.6. The maximum atomic E-state index is 12.7. The molecular formula is C37H62N2O29. The average molecular weight is 999 g/mol. The first-order valence-corrected chi connectivity index (χ1v) is 21.2. The van der Waals surface area contributed by atoms with Crippen LogP contribution in [0.1, 0.15) is 20.3 Å². The van der Waals surface area contributed by atoms with E-state index in [9.17, 15) is 101 Å². The van der Waals surface area contributed by atoms with Crippen LogP contribution >= 0.6 is 0 Å². The van der Waals surface area contributed by atoms with Gasteiger partial charge in [0.05, 0.1) is 45.2 Å². The first-order chi connectivity index (χ1) is 31.9. The Morgan fingerprint density at radius 1 is 0.603 bits per heavy atom. The smallest absolute Gasteiger partial charge is 0.364 e. The van der Waals surface area contributed by atoms with Crippen molar-refractivity contribution in [1.29, 1.82) is 0 Å². The number of nitrogens with one attached hydrogen (secondary N) is 2.